The molecule has 0 atom stereocenters. The molecule has 0 spiro atoms. The highest BCUT2D eigenvalue weighted by molar-refractivity contribution is 7.89. The highest BCUT2D eigenvalue weighted by atomic mass is 32.2. The van der Waals surface area contributed by atoms with Crippen LogP contribution < -0.4 is 10.1 Å². The molecule has 1 N–H and O–H groups in total. The fourth-order valence-electron chi connectivity index (χ4n) is 3.10. The molecule has 0 bridgehead atoms. The van der Waals surface area contributed by atoms with Gasteiger partial charge in [-0.2, -0.15) is 4.31 Å². The summed E-state index contributed by atoms with van der Waals surface area (Å²) in [4.78, 5) is 25.8. The Morgan fingerprint density at radius 3 is 2.48 bits per heavy atom. The zero-order chi connectivity index (χ0) is 21.0. The number of nitrogens with zero attached hydrogens (tertiary/aromatic N) is 2. The van der Waals surface area contributed by atoms with E-state index >= 15 is 0 Å². The lowest BCUT2D eigenvalue weighted by Gasteiger charge is -2.33. The van der Waals surface area contributed by atoms with Crippen molar-refractivity contribution in [2.75, 3.05) is 39.8 Å². The molecular formula is C19H23N3O6S. The number of hydrogen-bond acceptors (Lipinski definition) is 6. The highest BCUT2D eigenvalue weighted by Crippen LogP contribution is 2.29. The summed E-state index contributed by atoms with van der Waals surface area (Å²) in [6.45, 7) is 2.76. The van der Waals surface area contributed by atoms with E-state index in [4.69, 9.17) is 9.15 Å². The molecule has 0 unspecified atom stereocenters. The van der Waals surface area contributed by atoms with E-state index in [0.717, 1.165) is 0 Å². The first-order valence-corrected chi connectivity index (χ1v) is 10.6. The van der Waals surface area contributed by atoms with Crippen LogP contribution in [0.5, 0.6) is 5.75 Å². The average Bonchev–Trinajstić information content (AvgIpc) is 3.28. The second-order valence-corrected chi connectivity index (χ2v) is 8.25. The zero-order valence-corrected chi connectivity index (χ0v) is 17.1. The fraction of sp³-hybridized carbons (Fsp3) is 0.368. The molecule has 3 rings (SSSR count). The Labute approximate surface area is 169 Å². The van der Waals surface area contributed by atoms with Crippen molar-refractivity contribution in [3.05, 3.63) is 47.9 Å². The van der Waals surface area contributed by atoms with E-state index in [0.29, 0.717) is 0 Å². The Kier molecular flexibility index (Phi) is 6.23. The van der Waals surface area contributed by atoms with Gasteiger partial charge in [0, 0.05) is 38.8 Å². The predicted octanol–water partition coefficient (Wildman–Crippen LogP) is 1.18. The summed E-state index contributed by atoms with van der Waals surface area (Å²) in [5.41, 5.74) is 0.223. The smallest absolute Gasteiger partial charge is 0.289 e. The van der Waals surface area contributed by atoms with Crippen LogP contribution in [-0.4, -0.2) is 69.3 Å². The van der Waals surface area contributed by atoms with Crippen molar-refractivity contribution >= 4 is 21.8 Å². The summed E-state index contributed by atoms with van der Waals surface area (Å²) in [6.07, 6.45) is 1.42. The molecule has 29 heavy (non-hydrogen) atoms. The summed E-state index contributed by atoms with van der Waals surface area (Å²) in [6, 6.07) is 7.52. The number of carbonyl (C=O) groups is 2. The van der Waals surface area contributed by atoms with Crippen LogP contribution in [0.3, 0.4) is 0 Å². The SMILES string of the molecule is CCOc1ccc(C(=O)NC)cc1S(=O)(=O)N1CCN(C(=O)c2ccco2)CC1. The maximum Gasteiger partial charge on any atom is 0.289 e. The number of rotatable bonds is 6. The van der Waals surface area contributed by atoms with Crippen LogP contribution in [-0.2, 0) is 10.0 Å². The molecule has 2 amide bonds. The molecule has 2 aromatic rings. The lowest BCUT2D eigenvalue weighted by molar-refractivity contribution is 0.0665. The fourth-order valence-corrected chi connectivity index (χ4v) is 4.68. The van der Waals surface area contributed by atoms with E-state index in [1.54, 1.807) is 24.0 Å². The van der Waals surface area contributed by atoms with E-state index in [1.165, 1.54) is 35.8 Å². The lowest BCUT2D eigenvalue weighted by Crippen LogP contribution is -2.50. The Morgan fingerprint density at radius 2 is 1.90 bits per heavy atom. The van der Waals surface area contributed by atoms with Gasteiger partial charge in [0.05, 0.1) is 12.9 Å². The summed E-state index contributed by atoms with van der Waals surface area (Å²) >= 11 is 0. The van der Waals surface area contributed by atoms with Crippen LogP contribution in [0, 0.1) is 0 Å². The molecule has 9 nitrogen and oxygen atoms in total. The van der Waals surface area contributed by atoms with E-state index in [9.17, 15) is 18.0 Å². The van der Waals surface area contributed by atoms with E-state index in [1.807, 2.05) is 0 Å². The second kappa shape index (κ2) is 8.66. The van der Waals surface area contributed by atoms with Crippen LogP contribution in [0.15, 0.2) is 45.9 Å². The third kappa shape index (κ3) is 4.28. The lowest BCUT2D eigenvalue weighted by atomic mass is 10.2. The molecule has 1 fully saturated rings. The van der Waals surface area contributed by atoms with Gasteiger partial charge in [-0.05, 0) is 37.3 Å². The zero-order valence-electron chi connectivity index (χ0n) is 16.3. The van der Waals surface area contributed by atoms with Crippen LogP contribution in [0.1, 0.15) is 27.8 Å². The van der Waals surface area contributed by atoms with Gasteiger partial charge < -0.3 is 19.4 Å². The molecule has 1 aromatic carbocycles. The Bertz CT molecular complexity index is 979. The van der Waals surface area contributed by atoms with E-state index < -0.39 is 15.9 Å². The predicted molar refractivity (Wildman–Crippen MR) is 104 cm³/mol. The third-order valence-electron chi connectivity index (χ3n) is 4.61. The summed E-state index contributed by atoms with van der Waals surface area (Å²) in [7, 11) is -2.44. The molecule has 10 heteroatoms. The summed E-state index contributed by atoms with van der Waals surface area (Å²) in [5.74, 6) is -0.255. The normalized spacial score (nSPS) is 15.2. The molecule has 0 radical (unpaired) electrons. The van der Waals surface area contributed by atoms with Crippen LogP contribution in [0.2, 0.25) is 0 Å². The third-order valence-corrected chi connectivity index (χ3v) is 6.53. The van der Waals surface area contributed by atoms with Crippen molar-refractivity contribution in [1.29, 1.82) is 0 Å². The molecule has 0 saturated carbocycles. The molecule has 1 aromatic heterocycles. The number of furan rings is 1. The Balaban J connectivity index is 1.82. The standard InChI is InChI=1S/C19H23N3O6S/c1-3-27-15-7-6-14(18(23)20-2)13-17(15)29(25,26)22-10-8-21(9-11-22)19(24)16-5-4-12-28-16/h4-7,12-13H,3,8-11H2,1-2H3,(H,20,23). The summed E-state index contributed by atoms with van der Waals surface area (Å²) < 4.78 is 38.4. The number of piperazine rings is 1. The van der Waals surface area contributed by atoms with Crippen molar-refractivity contribution in [2.24, 2.45) is 0 Å². The van der Waals surface area contributed by atoms with E-state index in [2.05, 4.69) is 5.32 Å². The summed E-state index contributed by atoms with van der Waals surface area (Å²) in [5, 5.41) is 2.48. The van der Waals surface area contributed by atoms with Gasteiger partial charge in [0.15, 0.2) is 5.76 Å². The van der Waals surface area contributed by atoms with Gasteiger partial charge in [-0.1, -0.05) is 0 Å². The second-order valence-electron chi connectivity index (χ2n) is 6.35. The van der Waals surface area contributed by atoms with Gasteiger partial charge in [0.25, 0.3) is 11.8 Å². The number of ether oxygens (including phenoxy) is 1. The average molecular weight is 421 g/mol. The molecule has 1 aliphatic rings. The number of benzene rings is 1. The quantitative estimate of drug-likeness (QED) is 0.750. The van der Waals surface area contributed by atoms with Gasteiger partial charge in [-0.15, -0.1) is 0 Å². The molecule has 0 aliphatic carbocycles. The van der Waals surface area contributed by atoms with Gasteiger partial charge in [0.1, 0.15) is 10.6 Å². The van der Waals surface area contributed by atoms with E-state index in [-0.39, 0.29) is 60.7 Å². The van der Waals surface area contributed by atoms with Gasteiger partial charge in [-0.3, -0.25) is 9.59 Å². The molecule has 1 aliphatic heterocycles. The van der Waals surface area contributed by atoms with Crippen molar-refractivity contribution in [3.8, 4) is 5.75 Å². The van der Waals surface area contributed by atoms with Crippen LogP contribution >= 0.6 is 0 Å². The minimum absolute atomic E-state index is 0.0636. The topological polar surface area (TPSA) is 109 Å². The molecule has 156 valence electrons. The Hall–Kier alpha value is -2.85. The number of sulfonamides is 1. The van der Waals surface area contributed by atoms with Crippen LogP contribution in [0.4, 0.5) is 0 Å². The van der Waals surface area contributed by atoms with Crippen molar-refractivity contribution in [2.45, 2.75) is 11.8 Å². The van der Waals surface area contributed by atoms with Gasteiger partial charge >= 0.3 is 0 Å². The van der Waals surface area contributed by atoms with Crippen molar-refractivity contribution in [1.82, 2.24) is 14.5 Å². The molecular weight excluding hydrogens is 398 g/mol. The minimum atomic E-state index is -3.92. The first kappa shape index (κ1) is 20.9. The van der Waals surface area contributed by atoms with Crippen molar-refractivity contribution in [3.63, 3.8) is 0 Å². The van der Waals surface area contributed by atoms with Crippen LogP contribution in [0.25, 0.3) is 0 Å². The maximum atomic E-state index is 13.2. The number of hydrogen-bond donors (Lipinski definition) is 1. The minimum Gasteiger partial charge on any atom is -0.492 e. The van der Waals surface area contributed by atoms with Gasteiger partial charge in [0.2, 0.25) is 10.0 Å². The van der Waals surface area contributed by atoms with Gasteiger partial charge in [-0.25, -0.2) is 8.42 Å². The monoisotopic (exact) mass is 421 g/mol. The number of nitrogens with one attached hydrogen (secondary N) is 1. The number of carbonyl (C=O) groups excluding carboxylic acids is 2. The molecule has 1 saturated heterocycles. The largest absolute Gasteiger partial charge is 0.492 e. The first-order valence-electron chi connectivity index (χ1n) is 9.20. The highest BCUT2D eigenvalue weighted by Gasteiger charge is 2.33. The number of amides is 2. The van der Waals surface area contributed by atoms with Crippen molar-refractivity contribution < 1.29 is 27.2 Å². The first-order chi connectivity index (χ1) is 13.9. The molecule has 2 heterocycles. The Morgan fingerprint density at radius 1 is 1.17 bits per heavy atom. The maximum absolute atomic E-state index is 13.2.